The first-order valence-electron chi connectivity index (χ1n) is 8.02. The van der Waals surface area contributed by atoms with Gasteiger partial charge >= 0.3 is 0 Å². The average molecular weight is 391 g/mol. The Morgan fingerprint density at radius 3 is 0.846 bits per heavy atom. The zero-order valence-electron chi connectivity index (χ0n) is 17.9. The van der Waals surface area contributed by atoms with E-state index in [1.165, 1.54) is 0 Å². The van der Waals surface area contributed by atoms with Gasteiger partial charge in [0.2, 0.25) is 0 Å². The van der Waals surface area contributed by atoms with E-state index in [0.717, 1.165) is 38.5 Å². The van der Waals surface area contributed by atoms with Crippen molar-refractivity contribution in [3.05, 3.63) is 0 Å². The van der Waals surface area contributed by atoms with Crippen LogP contribution in [-0.4, -0.2) is 25.2 Å². The van der Waals surface area contributed by atoms with Gasteiger partial charge in [-0.25, -0.2) is 0 Å². The molecule has 0 saturated heterocycles. The van der Waals surface area contributed by atoms with Crippen LogP contribution in [0.4, 0.5) is 0 Å². The van der Waals surface area contributed by atoms with E-state index in [0.29, 0.717) is 12.8 Å². The SMILES string of the molecule is CC[O-].CC[O-].O=C([O-])CCCCCCCCCCC(=O)[O-].[NH4+].[NH4+].[NH4+].[NH4+]. The predicted molar refractivity (Wildman–Crippen MR) is 101 cm³/mol. The van der Waals surface area contributed by atoms with Gasteiger partial charge in [0.1, 0.15) is 0 Å². The number of carboxylic acids is 2. The topological polar surface area (TPSA) is 272 Å². The minimum atomic E-state index is -0.970. The highest BCUT2D eigenvalue weighted by Crippen LogP contribution is 2.10. The lowest BCUT2D eigenvalue weighted by molar-refractivity contribution is -0.362. The molecule has 0 heterocycles. The standard InChI is InChI=1S/C12H22O4.2C2H5O.4H3N/c13-11(14)9-7-5-3-1-2-4-6-8-10-12(15)16;2*1-2-3;;;;/h1-10H2,(H,13,14)(H,15,16);2*2H2,1H3;4*1H3/q;2*-1;;;;/p+2. The third-order valence-electron chi connectivity index (χ3n) is 2.51. The van der Waals surface area contributed by atoms with Crippen molar-refractivity contribution in [2.45, 2.75) is 78.1 Å². The van der Waals surface area contributed by atoms with Crippen LogP contribution in [-0.2, 0) is 9.59 Å². The number of unbranched alkanes of at least 4 members (excludes halogenated alkanes) is 7. The van der Waals surface area contributed by atoms with Crippen LogP contribution in [0.25, 0.3) is 0 Å². The molecule has 0 aromatic rings. The monoisotopic (exact) mass is 390 g/mol. The Morgan fingerprint density at radius 2 is 0.692 bits per heavy atom. The molecule has 10 nitrogen and oxygen atoms in total. The smallest absolute Gasteiger partial charge is 0.0414 e. The molecule has 0 fully saturated rings. The molecule has 0 amide bonds. The van der Waals surface area contributed by atoms with Crippen LogP contribution in [0.1, 0.15) is 78.1 Å². The largest absolute Gasteiger partial charge is 0.855 e. The van der Waals surface area contributed by atoms with Gasteiger partial charge in [0, 0.05) is 11.9 Å². The van der Waals surface area contributed by atoms with Crippen molar-refractivity contribution in [3.63, 3.8) is 0 Å². The van der Waals surface area contributed by atoms with E-state index in [-0.39, 0.29) is 50.7 Å². The molecule has 0 spiro atoms. The number of carbonyl (C=O) groups excluding carboxylic acids is 2. The van der Waals surface area contributed by atoms with Gasteiger partial charge in [-0.3, -0.25) is 0 Å². The fraction of sp³-hybridized carbons (Fsp3) is 0.875. The van der Waals surface area contributed by atoms with Crippen molar-refractivity contribution in [1.29, 1.82) is 0 Å². The minimum absolute atomic E-state index is 0. The number of carbonyl (C=O) groups is 2. The molecule has 0 aromatic heterocycles. The normalized spacial score (nSPS) is 7.69. The summed E-state index contributed by atoms with van der Waals surface area (Å²) in [6, 6.07) is 0. The van der Waals surface area contributed by atoms with E-state index >= 15 is 0 Å². The van der Waals surface area contributed by atoms with Crippen molar-refractivity contribution in [3.8, 4) is 0 Å². The maximum Gasteiger partial charge on any atom is 0.0414 e. The van der Waals surface area contributed by atoms with E-state index in [1.807, 2.05) is 0 Å². The van der Waals surface area contributed by atoms with Crippen LogP contribution in [0.2, 0.25) is 0 Å². The predicted octanol–water partition coefficient (Wildman–Crippen LogP) is 0.625. The van der Waals surface area contributed by atoms with Crippen molar-refractivity contribution in [2.24, 2.45) is 0 Å². The molecule has 10 heteroatoms. The zero-order chi connectivity index (χ0) is 17.6. The Bertz CT molecular complexity index is 223. The fourth-order valence-electron chi connectivity index (χ4n) is 1.60. The zero-order valence-corrected chi connectivity index (χ0v) is 17.9. The van der Waals surface area contributed by atoms with E-state index < -0.39 is 11.9 Å². The first kappa shape index (κ1) is 44.3. The van der Waals surface area contributed by atoms with Gasteiger partial charge in [-0.15, -0.1) is 13.2 Å². The number of carboxylic acid groups (broad SMARTS) is 2. The summed E-state index contributed by atoms with van der Waals surface area (Å²) in [6.45, 7) is 3.14. The van der Waals surface area contributed by atoms with E-state index in [1.54, 1.807) is 13.8 Å². The number of rotatable bonds is 11. The molecular formula is C16H46N4O6. The maximum atomic E-state index is 10.1. The summed E-state index contributed by atoms with van der Waals surface area (Å²) in [7, 11) is 0. The highest BCUT2D eigenvalue weighted by atomic mass is 16.4. The molecule has 0 unspecified atom stereocenters. The molecule has 0 atom stereocenters. The van der Waals surface area contributed by atoms with E-state index in [4.69, 9.17) is 10.2 Å². The molecule has 0 rings (SSSR count). The van der Waals surface area contributed by atoms with Gasteiger partial charge in [0.05, 0.1) is 0 Å². The van der Waals surface area contributed by atoms with Gasteiger partial charge in [0.15, 0.2) is 0 Å². The minimum Gasteiger partial charge on any atom is -0.855 e. The molecule has 16 N–H and O–H groups in total. The molecule has 0 bridgehead atoms. The summed E-state index contributed by atoms with van der Waals surface area (Å²) < 4.78 is 0. The first-order valence-corrected chi connectivity index (χ1v) is 8.02. The Morgan fingerprint density at radius 1 is 0.538 bits per heavy atom. The molecular weight excluding hydrogens is 344 g/mol. The maximum absolute atomic E-state index is 10.1. The van der Waals surface area contributed by atoms with Crippen LogP contribution in [0.5, 0.6) is 0 Å². The Labute approximate surface area is 158 Å². The van der Waals surface area contributed by atoms with Crippen molar-refractivity contribution in [2.75, 3.05) is 13.2 Å². The average Bonchev–Trinajstić information content (AvgIpc) is 2.42. The summed E-state index contributed by atoms with van der Waals surface area (Å²) in [6.07, 6.45) is 7.88. The van der Waals surface area contributed by atoms with E-state index in [9.17, 15) is 19.8 Å². The lowest BCUT2D eigenvalue weighted by Gasteiger charge is -2.03. The second-order valence-corrected chi connectivity index (χ2v) is 4.65. The molecule has 0 radical (unpaired) electrons. The number of quaternary nitrogens is 4. The second-order valence-electron chi connectivity index (χ2n) is 4.65. The van der Waals surface area contributed by atoms with Crippen LogP contribution in [0, 0.1) is 0 Å². The summed E-state index contributed by atoms with van der Waals surface area (Å²) in [5.74, 6) is -1.94. The highest BCUT2D eigenvalue weighted by molar-refractivity contribution is 5.64. The molecule has 0 aromatic carbocycles. The van der Waals surface area contributed by atoms with Crippen LogP contribution in [0.3, 0.4) is 0 Å². The molecule has 0 aliphatic carbocycles. The van der Waals surface area contributed by atoms with Gasteiger partial charge in [-0.2, -0.15) is 0 Å². The van der Waals surface area contributed by atoms with Crippen molar-refractivity contribution < 1.29 is 30.0 Å². The van der Waals surface area contributed by atoms with Gasteiger partial charge in [0.25, 0.3) is 0 Å². The second kappa shape index (κ2) is 43.8. The Kier molecular flexibility index (Phi) is 74.6. The lowest BCUT2D eigenvalue weighted by atomic mass is 10.1. The molecule has 0 saturated carbocycles. The molecule has 0 aliphatic heterocycles. The summed E-state index contributed by atoms with van der Waals surface area (Å²) >= 11 is 0. The van der Waals surface area contributed by atoms with Gasteiger partial charge < -0.3 is 54.6 Å². The number of hydrogen-bond acceptors (Lipinski definition) is 6. The quantitative estimate of drug-likeness (QED) is 0.366. The van der Waals surface area contributed by atoms with Gasteiger partial charge in [-0.1, -0.05) is 52.4 Å². The van der Waals surface area contributed by atoms with Crippen LogP contribution in [0.15, 0.2) is 0 Å². The Hall–Kier alpha value is -1.30. The summed E-state index contributed by atoms with van der Waals surface area (Å²) in [5, 5.41) is 38.1. The third-order valence-corrected chi connectivity index (χ3v) is 2.51. The van der Waals surface area contributed by atoms with Crippen LogP contribution >= 0.6 is 0 Å². The first-order chi connectivity index (χ1) is 10.5. The lowest BCUT2D eigenvalue weighted by Crippen LogP contribution is -2.21. The van der Waals surface area contributed by atoms with Crippen molar-refractivity contribution in [1.82, 2.24) is 24.6 Å². The molecule has 26 heavy (non-hydrogen) atoms. The van der Waals surface area contributed by atoms with E-state index in [2.05, 4.69) is 0 Å². The number of hydrogen-bond donors (Lipinski definition) is 4. The number of aliphatic carboxylic acids is 2. The Balaban J connectivity index is -0.0000000636. The summed E-state index contributed by atoms with van der Waals surface area (Å²) in [5.41, 5.74) is 0. The van der Waals surface area contributed by atoms with Gasteiger partial charge in [-0.05, 0) is 25.7 Å². The fourth-order valence-corrected chi connectivity index (χ4v) is 1.60. The highest BCUT2D eigenvalue weighted by Gasteiger charge is 1.93. The molecule has 166 valence electrons. The molecule has 0 aliphatic rings. The van der Waals surface area contributed by atoms with Crippen LogP contribution < -0.4 is 45.0 Å². The third kappa shape index (κ3) is 78.1. The van der Waals surface area contributed by atoms with Crippen molar-refractivity contribution >= 4 is 11.9 Å². The summed E-state index contributed by atoms with van der Waals surface area (Å²) in [4.78, 5) is 20.2.